The van der Waals surface area contributed by atoms with Crippen molar-refractivity contribution < 1.29 is 19.1 Å². The summed E-state index contributed by atoms with van der Waals surface area (Å²) in [7, 11) is -3.02. The molecule has 0 saturated carbocycles. The van der Waals surface area contributed by atoms with Crippen LogP contribution in [0.1, 0.15) is 6.23 Å². The van der Waals surface area contributed by atoms with Crippen molar-refractivity contribution in [1.29, 1.82) is 0 Å². The molecule has 1 atom stereocenters. The lowest BCUT2D eigenvalue weighted by Gasteiger charge is -2.17. The molecule has 0 saturated heterocycles. The van der Waals surface area contributed by atoms with Crippen LogP contribution in [0.4, 0.5) is 5.95 Å². The zero-order valence-electron chi connectivity index (χ0n) is 9.85. The Bertz CT molecular complexity index is 703. The molecule has 0 aliphatic carbocycles. The highest BCUT2D eigenvalue weighted by molar-refractivity contribution is 7.51. The van der Waals surface area contributed by atoms with E-state index >= 15 is 0 Å². The van der Waals surface area contributed by atoms with E-state index in [0.717, 1.165) is 0 Å². The Hall–Kier alpha value is -1.74. The average Bonchev–Trinajstić information content (AvgIpc) is 2.68. The van der Waals surface area contributed by atoms with Crippen LogP contribution in [-0.2, 0) is 9.30 Å². The molecule has 0 radical (unpaired) electrons. The van der Waals surface area contributed by atoms with Gasteiger partial charge in [-0.15, -0.1) is 0 Å². The smallest absolute Gasteiger partial charge is 0.330 e. The summed E-state index contributed by atoms with van der Waals surface area (Å²) in [6, 6.07) is 0. The predicted molar refractivity (Wildman–Crippen MR) is 65.5 cm³/mol. The third-order valence-electron chi connectivity index (χ3n) is 2.43. The van der Waals surface area contributed by atoms with Crippen LogP contribution in [0.25, 0.3) is 11.2 Å². The van der Waals surface area contributed by atoms with E-state index in [9.17, 15) is 9.36 Å². The summed E-state index contributed by atoms with van der Waals surface area (Å²) in [6.07, 6.45) is -0.348. The second-order valence-corrected chi connectivity index (χ2v) is 5.51. The minimum Gasteiger partial charge on any atom is -0.369 e. The first-order valence-corrected chi connectivity index (χ1v) is 6.91. The zero-order valence-corrected chi connectivity index (χ0v) is 10.7. The first kappa shape index (κ1) is 13.7. The van der Waals surface area contributed by atoms with Gasteiger partial charge in [0.25, 0.3) is 5.56 Å². The molecule has 0 aliphatic rings. The number of aromatic nitrogens is 4. The molecule has 0 aromatic carbocycles. The quantitative estimate of drug-likeness (QED) is 0.523. The molecule has 104 valence electrons. The Balaban J connectivity index is 2.55. The van der Waals surface area contributed by atoms with E-state index in [0.29, 0.717) is 0 Å². The van der Waals surface area contributed by atoms with Gasteiger partial charge in [-0.05, 0) is 0 Å². The van der Waals surface area contributed by atoms with Gasteiger partial charge in [0.1, 0.15) is 6.23 Å². The van der Waals surface area contributed by atoms with Gasteiger partial charge in [0, 0.05) is 7.11 Å². The highest BCUT2D eigenvalue weighted by atomic mass is 31.2. The second kappa shape index (κ2) is 4.74. The molecule has 2 aromatic rings. The molecule has 19 heavy (non-hydrogen) atoms. The van der Waals surface area contributed by atoms with Crippen molar-refractivity contribution in [2.24, 2.45) is 0 Å². The normalized spacial score (nSPS) is 13.8. The lowest BCUT2D eigenvalue weighted by atomic mass is 10.5. The molecule has 1 unspecified atom stereocenters. The van der Waals surface area contributed by atoms with E-state index in [4.69, 9.17) is 20.3 Å². The molecule has 0 fully saturated rings. The van der Waals surface area contributed by atoms with E-state index in [2.05, 4.69) is 15.0 Å². The fourth-order valence-electron chi connectivity index (χ4n) is 1.63. The Kier molecular flexibility index (Phi) is 3.42. The van der Waals surface area contributed by atoms with Crippen molar-refractivity contribution in [2.75, 3.05) is 19.0 Å². The SMILES string of the molecule is COC(CP(=O)(O)O)n1cnc2c(=O)[nH]c(N)nc21. The number of fused-ring (bicyclic) bond motifs is 1. The standard InChI is InChI=1S/C8H12N5O5P/c1-18-4(2-19(15,16)17)13-3-10-5-6(13)11-8(9)12-7(5)14/h3-4H,2H2,1H3,(H2,15,16,17)(H3,9,11,12,14). The molecule has 0 amide bonds. The van der Waals surface area contributed by atoms with Crippen LogP contribution >= 0.6 is 7.60 Å². The van der Waals surface area contributed by atoms with Crippen molar-refractivity contribution in [1.82, 2.24) is 19.5 Å². The van der Waals surface area contributed by atoms with Gasteiger partial charge in [-0.3, -0.25) is 18.9 Å². The van der Waals surface area contributed by atoms with Gasteiger partial charge in [0.15, 0.2) is 11.2 Å². The summed E-state index contributed by atoms with van der Waals surface area (Å²) in [5.74, 6) is -0.120. The van der Waals surface area contributed by atoms with E-state index in [1.54, 1.807) is 0 Å². The molecule has 2 aromatic heterocycles. The van der Waals surface area contributed by atoms with Crippen LogP contribution in [0.3, 0.4) is 0 Å². The van der Waals surface area contributed by atoms with E-state index in [1.165, 1.54) is 18.0 Å². The van der Waals surface area contributed by atoms with Crippen LogP contribution in [0.2, 0.25) is 0 Å². The van der Waals surface area contributed by atoms with Crippen molar-refractivity contribution in [3.63, 3.8) is 0 Å². The summed E-state index contributed by atoms with van der Waals surface area (Å²) in [5, 5.41) is 0. The van der Waals surface area contributed by atoms with Crippen molar-refractivity contribution in [3.8, 4) is 0 Å². The summed E-state index contributed by atoms with van der Waals surface area (Å²) in [6.45, 7) is 0. The van der Waals surface area contributed by atoms with Crippen LogP contribution in [0.5, 0.6) is 0 Å². The average molecular weight is 289 g/mol. The Morgan fingerprint density at radius 1 is 1.63 bits per heavy atom. The maximum atomic E-state index is 11.6. The maximum absolute atomic E-state index is 11.6. The third-order valence-corrected chi connectivity index (χ3v) is 3.22. The predicted octanol–water partition coefficient (Wildman–Crippen LogP) is -0.976. The van der Waals surface area contributed by atoms with Crippen LogP contribution in [0, 0.1) is 0 Å². The number of hydrogen-bond donors (Lipinski definition) is 4. The monoisotopic (exact) mass is 289 g/mol. The third kappa shape index (κ3) is 2.82. The summed E-state index contributed by atoms with van der Waals surface area (Å²) in [4.78, 5) is 39.5. The van der Waals surface area contributed by atoms with Crippen molar-refractivity contribution in [3.05, 3.63) is 16.7 Å². The number of rotatable bonds is 4. The minimum atomic E-state index is -4.30. The number of nitrogens with one attached hydrogen (secondary N) is 1. The number of ether oxygens (including phenoxy) is 1. The number of aromatic amines is 1. The number of anilines is 1. The Morgan fingerprint density at radius 3 is 2.89 bits per heavy atom. The van der Waals surface area contributed by atoms with Crippen LogP contribution < -0.4 is 11.3 Å². The van der Waals surface area contributed by atoms with Crippen molar-refractivity contribution in [2.45, 2.75) is 6.23 Å². The highest BCUT2D eigenvalue weighted by Gasteiger charge is 2.25. The molecule has 10 nitrogen and oxygen atoms in total. The highest BCUT2D eigenvalue weighted by Crippen LogP contribution is 2.38. The number of nitrogens with zero attached hydrogens (tertiary/aromatic N) is 3. The molecule has 2 rings (SSSR count). The van der Waals surface area contributed by atoms with Gasteiger partial charge >= 0.3 is 7.60 Å². The van der Waals surface area contributed by atoms with Gasteiger partial charge in [-0.2, -0.15) is 4.98 Å². The lowest BCUT2D eigenvalue weighted by molar-refractivity contribution is 0.0618. The number of imidazole rings is 1. The molecule has 0 spiro atoms. The lowest BCUT2D eigenvalue weighted by Crippen LogP contribution is -2.17. The number of hydrogen-bond acceptors (Lipinski definition) is 6. The van der Waals surface area contributed by atoms with E-state index < -0.39 is 25.5 Å². The summed E-state index contributed by atoms with van der Waals surface area (Å²) >= 11 is 0. The zero-order chi connectivity index (χ0) is 14.2. The van der Waals surface area contributed by atoms with E-state index in [-0.39, 0.29) is 17.1 Å². The second-order valence-electron chi connectivity index (χ2n) is 3.81. The Labute approximate surface area is 106 Å². The van der Waals surface area contributed by atoms with Crippen molar-refractivity contribution >= 4 is 24.7 Å². The number of methoxy groups -OCH3 is 1. The largest absolute Gasteiger partial charge is 0.369 e. The molecule has 2 heterocycles. The fourth-order valence-corrected chi connectivity index (χ4v) is 2.37. The fraction of sp³-hybridized carbons (Fsp3) is 0.375. The van der Waals surface area contributed by atoms with Crippen LogP contribution in [-0.4, -0.2) is 42.6 Å². The molecule has 11 heteroatoms. The molecule has 5 N–H and O–H groups in total. The Morgan fingerprint density at radius 2 is 2.32 bits per heavy atom. The first-order chi connectivity index (χ1) is 8.81. The number of nitrogen functional groups attached to an aromatic ring is 1. The summed E-state index contributed by atoms with van der Waals surface area (Å²) < 4.78 is 17.3. The minimum absolute atomic E-state index is 0.0157. The number of H-pyrrole nitrogens is 1. The number of nitrogens with two attached hydrogens (primary N) is 1. The maximum Gasteiger partial charge on any atom is 0.330 e. The topological polar surface area (TPSA) is 156 Å². The van der Waals surface area contributed by atoms with Crippen LogP contribution in [0.15, 0.2) is 11.1 Å². The van der Waals surface area contributed by atoms with Gasteiger partial charge < -0.3 is 20.3 Å². The van der Waals surface area contributed by atoms with Gasteiger partial charge in [0.2, 0.25) is 5.95 Å². The van der Waals surface area contributed by atoms with Gasteiger partial charge in [-0.1, -0.05) is 0 Å². The summed E-state index contributed by atoms with van der Waals surface area (Å²) in [5.41, 5.74) is 5.00. The van der Waals surface area contributed by atoms with Gasteiger partial charge in [-0.25, -0.2) is 4.98 Å². The molecule has 0 bridgehead atoms. The van der Waals surface area contributed by atoms with E-state index in [1.807, 2.05) is 0 Å². The first-order valence-electron chi connectivity index (χ1n) is 5.11. The molecular weight excluding hydrogens is 277 g/mol. The molecular formula is C8H12N5O5P. The van der Waals surface area contributed by atoms with Gasteiger partial charge in [0.05, 0.1) is 12.5 Å². The molecule has 0 aliphatic heterocycles.